The lowest BCUT2D eigenvalue weighted by atomic mass is 9.98. The van der Waals surface area contributed by atoms with Crippen molar-refractivity contribution in [3.05, 3.63) is 59.7 Å². The summed E-state index contributed by atoms with van der Waals surface area (Å²) >= 11 is 0. The fourth-order valence-corrected chi connectivity index (χ4v) is 4.88. The Morgan fingerprint density at radius 2 is 1.74 bits per heavy atom. The van der Waals surface area contributed by atoms with Gasteiger partial charge in [-0.2, -0.15) is 0 Å². The van der Waals surface area contributed by atoms with Crippen molar-refractivity contribution in [3.63, 3.8) is 0 Å². The van der Waals surface area contributed by atoms with Gasteiger partial charge in [-0.3, -0.25) is 9.59 Å². The van der Waals surface area contributed by atoms with Gasteiger partial charge in [-0.05, 0) is 34.6 Å². The van der Waals surface area contributed by atoms with Crippen LogP contribution in [0.1, 0.15) is 36.3 Å². The molecule has 0 radical (unpaired) electrons. The molecule has 8 heteroatoms. The fourth-order valence-electron chi connectivity index (χ4n) is 4.88. The molecule has 180 valence electrons. The maximum absolute atomic E-state index is 12.6. The molecule has 2 aromatic rings. The number of carboxylic acid groups (broad SMARTS) is 1. The molecule has 0 bridgehead atoms. The number of carbonyl (C=O) groups is 3. The van der Waals surface area contributed by atoms with Gasteiger partial charge in [0.2, 0.25) is 5.91 Å². The first-order chi connectivity index (χ1) is 16.5. The van der Waals surface area contributed by atoms with Crippen molar-refractivity contribution in [1.29, 1.82) is 0 Å². The third-order valence-electron chi connectivity index (χ3n) is 6.66. The average Bonchev–Trinajstić information content (AvgIpc) is 3.42. The molecule has 1 saturated heterocycles. The number of aliphatic carboxylic acids is 1. The van der Waals surface area contributed by atoms with Crippen LogP contribution in [0, 0.1) is 5.92 Å². The minimum absolute atomic E-state index is 0.0126. The molecule has 0 spiro atoms. The van der Waals surface area contributed by atoms with Gasteiger partial charge in [-0.25, -0.2) is 4.79 Å². The van der Waals surface area contributed by atoms with E-state index in [4.69, 9.17) is 14.6 Å². The summed E-state index contributed by atoms with van der Waals surface area (Å²) in [5, 5.41) is 11.6. The third-order valence-corrected chi connectivity index (χ3v) is 6.66. The van der Waals surface area contributed by atoms with Gasteiger partial charge in [-0.1, -0.05) is 48.5 Å². The lowest BCUT2D eigenvalue weighted by molar-refractivity contribution is -0.138. The number of fused-ring (bicyclic) bond motifs is 3. The number of hydrogen-bond donors (Lipinski definition) is 2. The molecule has 1 aliphatic heterocycles. The zero-order valence-electron chi connectivity index (χ0n) is 19.2. The molecule has 2 atom stereocenters. The molecule has 1 fully saturated rings. The van der Waals surface area contributed by atoms with Crippen molar-refractivity contribution in [3.8, 4) is 11.1 Å². The van der Waals surface area contributed by atoms with Crippen LogP contribution in [-0.4, -0.2) is 67.4 Å². The summed E-state index contributed by atoms with van der Waals surface area (Å²) < 4.78 is 10.9. The summed E-state index contributed by atoms with van der Waals surface area (Å²) in [5.74, 6) is -0.983. The van der Waals surface area contributed by atoms with Crippen molar-refractivity contribution >= 4 is 18.0 Å². The van der Waals surface area contributed by atoms with E-state index in [0.29, 0.717) is 19.5 Å². The van der Waals surface area contributed by atoms with Gasteiger partial charge in [-0.15, -0.1) is 0 Å². The van der Waals surface area contributed by atoms with Crippen molar-refractivity contribution in [2.24, 2.45) is 5.92 Å². The first-order valence-corrected chi connectivity index (χ1v) is 11.6. The minimum Gasteiger partial charge on any atom is -0.481 e. The lowest BCUT2D eigenvalue weighted by Crippen LogP contribution is -2.38. The summed E-state index contributed by atoms with van der Waals surface area (Å²) in [5.41, 5.74) is 4.61. The van der Waals surface area contributed by atoms with Crippen LogP contribution in [-0.2, 0) is 19.1 Å². The van der Waals surface area contributed by atoms with Crippen LogP contribution in [0.5, 0.6) is 0 Å². The summed E-state index contributed by atoms with van der Waals surface area (Å²) in [7, 11) is 1.49. The van der Waals surface area contributed by atoms with E-state index in [1.807, 2.05) is 24.3 Å². The summed E-state index contributed by atoms with van der Waals surface area (Å²) in [6.07, 6.45) is -0.181. The zero-order chi connectivity index (χ0) is 24.1. The Labute approximate surface area is 198 Å². The van der Waals surface area contributed by atoms with Crippen LogP contribution in [0.25, 0.3) is 11.1 Å². The van der Waals surface area contributed by atoms with Gasteiger partial charge >= 0.3 is 12.1 Å². The van der Waals surface area contributed by atoms with E-state index in [2.05, 4.69) is 29.6 Å². The van der Waals surface area contributed by atoms with Crippen molar-refractivity contribution in [1.82, 2.24) is 10.2 Å². The van der Waals surface area contributed by atoms with E-state index < -0.39 is 18.2 Å². The lowest BCUT2D eigenvalue weighted by Gasteiger charge is -2.21. The second kappa shape index (κ2) is 10.7. The molecule has 2 amide bonds. The second-order valence-corrected chi connectivity index (χ2v) is 8.86. The van der Waals surface area contributed by atoms with Gasteiger partial charge in [0, 0.05) is 39.1 Å². The van der Waals surface area contributed by atoms with Crippen molar-refractivity contribution in [2.45, 2.75) is 31.3 Å². The normalized spacial score (nSPS) is 17.7. The van der Waals surface area contributed by atoms with Crippen LogP contribution in [0.15, 0.2) is 48.5 Å². The first kappa shape index (κ1) is 23.8. The quantitative estimate of drug-likeness (QED) is 0.588. The maximum Gasteiger partial charge on any atom is 0.407 e. The number of alkyl carbamates (subject to hydrolysis) is 1. The maximum atomic E-state index is 12.6. The molecule has 1 heterocycles. The molecule has 2 aliphatic rings. The molecule has 1 aliphatic carbocycles. The van der Waals surface area contributed by atoms with E-state index in [1.165, 1.54) is 7.11 Å². The number of likely N-dealkylation sites (tertiary alicyclic amines) is 1. The third kappa shape index (κ3) is 5.39. The Morgan fingerprint density at radius 3 is 2.35 bits per heavy atom. The highest BCUT2D eigenvalue weighted by atomic mass is 16.5. The Kier molecular flexibility index (Phi) is 7.47. The smallest absolute Gasteiger partial charge is 0.407 e. The summed E-state index contributed by atoms with van der Waals surface area (Å²) in [4.78, 5) is 37.5. The highest BCUT2D eigenvalue weighted by Crippen LogP contribution is 2.44. The fraction of sp³-hybridized carbons (Fsp3) is 0.423. The topological polar surface area (TPSA) is 105 Å². The van der Waals surface area contributed by atoms with Crippen molar-refractivity contribution < 1.29 is 29.0 Å². The summed E-state index contributed by atoms with van der Waals surface area (Å²) in [6, 6.07) is 16.3. The van der Waals surface area contributed by atoms with Gasteiger partial charge in [0.1, 0.15) is 6.61 Å². The van der Waals surface area contributed by atoms with E-state index in [0.717, 1.165) is 22.3 Å². The van der Waals surface area contributed by atoms with Gasteiger partial charge in [0.25, 0.3) is 0 Å². The Bertz CT molecular complexity index is 1010. The molecule has 2 aromatic carbocycles. The van der Waals surface area contributed by atoms with Crippen LogP contribution in [0.4, 0.5) is 4.79 Å². The molecule has 0 saturated carbocycles. The number of methoxy groups -OCH3 is 1. The zero-order valence-corrected chi connectivity index (χ0v) is 19.2. The van der Waals surface area contributed by atoms with Crippen LogP contribution >= 0.6 is 0 Å². The number of carbonyl (C=O) groups excluding carboxylic acids is 2. The van der Waals surface area contributed by atoms with Crippen LogP contribution < -0.4 is 5.32 Å². The van der Waals surface area contributed by atoms with Crippen LogP contribution in [0.2, 0.25) is 0 Å². The van der Waals surface area contributed by atoms with E-state index in [1.54, 1.807) is 4.90 Å². The predicted octanol–water partition coefficient (Wildman–Crippen LogP) is 3.25. The number of ether oxygens (including phenoxy) is 2. The van der Waals surface area contributed by atoms with E-state index >= 15 is 0 Å². The number of nitrogens with one attached hydrogen (secondary N) is 1. The molecule has 2 unspecified atom stereocenters. The number of hydrogen-bond acceptors (Lipinski definition) is 5. The highest BCUT2D eigenvalue weighted by Gasteiger charge is 2.30. The highest BCUT2D eigenvalue weighted by molar-refractivity contribution is 5.79. The molecule has 34 heavy (non-hydrogen) atoms. The van der Waals surface area contributed by atoms with E-state index in [-0.39, 0.29) is 43.7 Å². The second-order valence-electron chi connectivity index (χ2n) is 8.86. The van der Waals surface area contributed by atoms with Gasteiger partial charge in [0.15, 0.2) is 0 Å². The number of benzene rings is 2. The molecule has 2 N–H and O–H groups in total. The molecular formula is C26H30N2O6. The first-order valence-electron chi connectivity index (χ1n) is 11.6. The molecular weight excluding hydrogens is 436 g/mol. The van der Waals surface area contributed by atoms with Crippen molar-refractivity contribution in [2.75, 3.05) is 33.4 Å². The predicted molar refractivity (Wildman–Crippen MR) is 125 cm³/mol. The van der Waals surface area contributed by atoms with E-state index in [9.17, 15) is 14.4 Å². The van der Waals surface area contributed by atoms with Gasteiger partial charge in [0.05, 0.1) is 12.5 Å². The number of nitrogens with zero attached hydrogens (tertiary/aromatic N) is 1. The SMILES string of the molecule is COC(CNC(=O)OCC1c2ccccc2-c2ccccc21)CC(=O)N1CCC(CC(=O)O)C1. The Hall–Kier alpha value is -3.39. The molecule has 4 rings (SSSR count). The minimum atomic E-state index is -0.846. The monoisotopic (exact) mass is 466 g/mol. The molecule has 8 nitrogen and oxygen atoms in total. The number of carboxylic acids is 1. The Morgan fingerprint density at radius 1 is 1.09 bits per heavy atom. The summed E-state index contributed by atoms with van der Waals surface area (Å²) in [6.45, 7) is 1.36. The van der Waals surface area contributed by atoms with Gasteiger partial charge < -0.3 is 24.8 Å². The average molecular weight is 467 g/mol. The standard InChI is InChI=1S/C26H30N2O6/c1-33-18(13-24(29)28-11-10-17(15-28)12-25(30)31)14-27-26(32)34-16-23-21-8-4-2-6-19(21)20-7-3-5-9-22(20)23/h2-9,17-18,23H,10-16H2,1H3,(H,27,32)(H,30,31). The largest absolute Gasteiger partial charge is 0.481 e. The number of amides is 2. The van der Waals surface area contributed by atoms with Crippen LogP contribution in [0.3, 0.4) is 0 Å². The molecule has 0 aromatic heterocycles. The number of rotatable bonds is 9. The Balaban J connectivity index is 1.25.